The number of halogens is 4. The number of thioether (sulfide) groups is 1. The van der Waals surface area contributed by atoms with E-state index < -0.39 is 39.4 Å². The SMILES string of the molecule is C[C@@H](C(=O)NCc1ccc(C(F)(F)F)cc1SC1CCCCC1)c1ccc(NS(C)(=O)=O)c(F)c1. The van der Waals surface area contributed by atoms with Gasteiger partial charge in [-0.1, -0.05) is 31.4 Å². The molecule has 0 saturated heterocycles. The Morgan fingerprint density at radius 3 is 2.40 bits per heavy atom. The molecule has 0 aromatic heterocycles. The molecule has 5 nitrogen and oxygen atoms in total. The van der Waals surface area contributed by atoms with Crippen LogP contribution >= 0.6 is 11.8 Å². The van der Waals surface area contributed by atoms with Crippen LogP contribution in [-0.2, 0) is 27.5 Å². The minimum absolute atomic E-state index is 0.0343. The fourth-order valence-corrected chi connectivity index (χ4v) is 5.90. The summed E-state index contributed by atoms with van der Waals surface area (Å²) in [6, 6.07) is 7.32. The van der Waals surface area contributed by atoms with Gasteiger partial charge in [0.25, 0.3) is 0 Å². The van der Waals surface area contributed by atoms with Crippen molar-refractivity contribution < 1.29 is 30.8 Å². The normalized spacial score (nSPS) is 16.1. The van der Waals surface area contributed by atoms with Gasteiger partial charge in [0.05, 0.1) is 23.4 Å². The zero-order valence-corrected chi connectivity index (χ0v) is 21.0. The fourth-order valence-electron chi connectivity index (χ4n) is 3.92. The predicted molar refractivity (Wildman–Crippen MR) is 129 cm³/mol. The van der Waals surface area contributed by atoms with Crippen molar-refractivity contribution in [3.05, 3.63) is 58.9 Å². The first-order chi connectivity index (χ1) is 16.3. The third-order valence-electron chi connectivity index (χ3n) is 5.88. The van der Waals surface area contributed by atoms with E-state index in [0.29, 0.717) is 16.0 Å². The van der Waals surface area contributed by atoms with E-state index >= 15 is 0 Å². The van der Waals surface area contributed by atoms with E-state index in [1.54, 1.807) is 6.92 Å². The van der Waals surface area contributed by atoms with Crippen molar-refractivity contribution in [3.8, 4) is 0 Å². The van der Waals surface area contributed by atoms with Crippen molar-refractivity contribution >= 4 is 33.4 Å². The third-order valence-corrected chi connectivity index (χ3v) is 7.90. The van der Waals surface area contributed by atoms with Crippen LogP contribution in [0.2, 0.25) is 0 Å². The van der Waals surface area contributed by atoms with Crippen LogP contribution in [-0.4, -0.2) is 25.8 Å². The van der Waals surface area contributed by atoms with Crippen molar-refractivity contribution in [2.24, 2.45) is 0 Å². The highest BCUT2D eigenvalue weighted by molar-refractivity contribution is 8.00. The number of nitrogens with one attached hydrogen (secondary N) is 2. The molecular weight excluding hydrogens is 504 g/mol. The smallest absolute Gasteiger partial charge is 0.351 e. The Hall–Kier alpha value is -2.27. The zero-order valence-electron chi connectivity index (χ0n) is 19.4. The summed E-state index contributed by atoms with van der Waals surface area (Å²) in [6.45, 7) is 1.60. The molecule has 2 aromatic carbocycles. The van der Waals surface area contributed by atoms with Crippen molar-refractivity contribution in [2.75, 3.05) is 11.0 Å². The standard InChI is InChI=1S/C24H28F4N2O3S2/c1-15(16-9-11-21(20(25)12-16)30-35(2,32)33)23(31)29-14-17-8-10-18(24(26,27)28)13-22(17)34-19-6-4-3-5-7-19/h8-13,15,19,30H,3-7,14H2,1-2H3,(H,29,31)/t15-/m1/s1. The Bertz CT molecular complexity index is 1160. The van der Waals surface area contributed by atoms with Crippen LogP contribution in [0.1, 0.15) is 61.6 Å². The van der Waals surface area contributed by atoms with E-state index in [4.69, 9.17) is 0 Å². The maximum Gasteiger partial charge on any atom is 0.416 e. The van der Waals surface area contributed by atoms with Crippen molar-refractivity contribution in [1.82, 2.24) is 5.32 Å². The van der Waals surface area contributed by atoms with Gasteiger partial charge in [0, 0.05) is 16.7 Å². The first-order valence-electron chi connectivity index (χ1n) is 11.2. The average Bonchev–Trinajstić information content (AvgIpc) is 2.78. The molecule has 3 rings (SSSR count). The number of amides is 1. The minimum atomic E-state index is -4.46. The number of sulfonamides is 1. The summed E-state index contributed by atoms with van der Waals surface area (Å²) in [5.41, 5.74) is -0.0215. The zero-order chi connectivity index (χ0) is 25.8. The van der Waals surface area contributed by atoms with Gasteiger partial charge < -0.3 is 5.32 Å². The highest BCUT2D eigenvalue weighted by Crippen LogP contribution is 2.39. The fraction of sp³-hybridized carbons (Fsp3) is 0.458. The second-order valence-corrected chi connectivity index (χ2v) is 11.8. The van der Waals surface area contributed by atoms with Gasteiger partial charge in [-0.25, -0.2) is 12.8 Å². The molecule has 35 heavy (non-hydrogen) atoms. The summed E-state index contributed by atoms with van der Waals surface area (Å²) in [6.07, 6.45) is 1.56. The second-order valence-electron chi connectivity index (χ2n) is 8.75. The van der Waals surface area contributed by atoms with Crippen LogP contribution in [0.3, 0.4) is 0 Å². The highest BCUT2D eigenvalue weighted by Gasteiger charge is 2.31. The van der Waals surface area contributed by atoms with Crippen molar-refractivity contribution in [3.63, 3.8) is 0 Å². The average molecular weight is 533 g/mol. The van der Waals surface area contributed by atoms with Gasteiger partial charge in [-0.05, 0) is 55.2 Å². The minimum Gasteiger partial charge on any atom is -0.351 e. The molecule has 11 heteroatoms. The van der Waals surface area contributed by atoms with Gasteiger partial charge in [0.15, 0.2) is 0 Å². The number of carbonyl (C=O) groups is 1. The summed E-state index contributed by atoms with van der Waals surface area (Å²) < 4.78 is 78.9. The van der Waals surface area contributed by atoms with Gasteiger partial charge in [-0.2, -0.15) is 13.2 Å². The lowest BCUT2D eigenvalue weighted by molar-refractivity contribution is -0.137. The molecular formula is C24H28F4N2O3S2. The Morgan fingerprint density at radius 2 is 1.80 bits per heavy atom. The molecule has 2 aromatic rings. The molecule has 0 heterocycles. The summed E-state index contributed by atoms with van der Waals surface area (Å²) in [4.78, 5) is 13.2. The van der Waals surface area contributed by atoms with E-state index in [-0.39, 0.29) is 17.5 Å². The number of carbonyl (C=O) groups excluding carboxylic acids is 1. The summed E-state index contributed by atoms with van der Waals surface area (Å²) in [7, 11) is -3.66. The molecule has 2 N–H and O–H groups in total. The van der Waals surface area contributed by atoms with Crippen LogP contribution in [0.15, 0.2) is 41.3 Å². The van der Waals surface area contributed by atoms with Crippen LogP contribution in [0.5, 0.6) is 0 Å². The maximum atomic E-state index is 14.3. The number of benzene rings is 2. The molecule has 0 aliphatic heterocycles. The van der Waals surface area contributed by atoms with Gasteiger partial charge in [-0.15, -0.1) is 11.8 Å². The summed E-state index contributed by atoms with van der Waals surface area (Å²) >= 11 is 1.43. The molecule has 1 amide bonds. The van der Waals surface area contributed by atoms with E-state index in [0.717, 1.165) is 56.6 Å². The summed E-state index contributed by atoms with van der Waals surface area (Å²) in [5, 5.41) is 2.98. The van der Waals surface area contributed by atoms with Crippen molar-refractivity contribution in [1.29, 1.82) is 0 Å². The number of rotatable bonds is 8. The third kappa shape index (κ3) is 7.86. The number of anilines is 1. The maximum absolute atomic E-state index is 14.3. The van der Waals surface area contributed by atoms with Crippen LogP contribution in [0, 0.1) is 5.82 Å². The quantitative estimate of drug-likeness (QED) is 0.405. The van der Waals surface area contributed by atoms with E-state index in [1.807, 2.05) is 0 Å². The van der Waals surface area contributed by atoms with E-state index in [9.17, 15) is 30.8 Å². The van der Waals surface area contributed by atoms with Gasteiger partial charge in [0.2, 0.25) is 15.9 Å². The molecule has 1 aliphatic rings. The monoisotopic (exact) mass is 532 g/mol. The largest absolute Gasteiger partial charge is 0.416 e. The molecule has 1 aliphatic carbocycles. The molecule has 1 saturated carbocycles. The molecule has 0 radical (unpaired) electrons. The Labute approximate surface area is 207 Å². The van der Waals surface area contributed by atoms with Crippen molar-refractivity contribution in [2.45, 2.75) is 67.8 Å². The number of hydrogen-bond donors (Lipinski definition) is 2. The second kappa shape index (κ2) is 11.2. The number of alkyl halides is 3. The Kier molecular flexibility index (Phi) is 8.74. The van der Waals surface area contributed by atoms with Crippen LogP contribution in [0.25, 0.3) is 0 Å². The van der Waals surface area contributed by atoms with E-state index in [2.05, 4.69) is 10.0 Å². The van der Waals surface area contributed by atoms with Gasteiger partial charge in [0.1, 0.15) is 5.82 Å². The lowest BCUT2D eigenvalue weighted by atomic mass is 9.99. The Balaban J connectivity index is 1.72. The molecule has 0 unspecified atom stereocenters. The first kappa shape index (κ1) is 27.3. The van der Waals surface area contributed by atoms with Crippen LogP contribution < -0.4 is 10.0 Å². The topological polar surface area (TPSA) is 75.3 Å². The van der Waals surface area contributed by atoms with E-state index in [1.165, 1.54) is 30.0 Å². The predicted octanol–water partition coefficient (Wildman–Crippen LogP) is 6.06. The van der Waals surface area contributed by atoms with Crippen LogP contribution in [0.4, 0.5) is 23.2 Å². The molecule has 1 atom stereocenters. The lowest BCUT2D eigenvalue weighted by Crippen LogP contribution is -2.28. The first-order valence-corrected chi connectivity index (χ1v) is 14.0. The highest BCUT2D eigenvalue weighted by atomic mass is 32.2. The molecule has 1 fully saturated rings. The molecule has 192 valence electrons. The Morgan fingerprint density at radius 1 is 1.11 bits per heavy atom. The summed E-state index contributed by atoms with van der Waals surface area (Å²) in [5.74, 6) is -2.01. The molecule has 0 bridgehead atoms. The van der Waals surface area contributed by atoms with Gasteiger partial charge >= 0.3 is 6.18 Å². The van der Waals surface area contributed by atoms with Gasteiger partial charge in [-0.3, -0.25) is 9.52 Å². The molecule has 0 spiro atoms. The number of hydrogen-bond acceptors (Lipinski definition) is 4. The lowest BCUT2D eigenvalue weighted by Gasteiger charge is -2.23.